The quantitative estimate of drug-likeness (QED) is 0.821. The molecule has 0 heterocycles. The molecule has 0 saturated carbocycles. The maximum atomic E-state index is 9.23. The highest BCUT2D eigenvalue weighted by molar-refractivity contribution is 5.33. The summed E-state index contributed by atoms with van der Waals surface area (Å²) >= 11 is 0. The van der Waals surface area contributed by atoms with Crippen molar-refractivity contribution in [1.82, 2.24) is 5.32 Å². The number of nitrogens with zero attached hydrogens (tertiary/aromatic N) is 1. The highest BCUT2D eigenvalue weighted by Crippen LogP contribution is 2.22. The second-order valence-electron chi connectivity index (χ2n) is 4.79. The number of ether oxygens (including phenoxy) is 2. The molecular formula is C15H22N2O2. The van der Waals surface area contributed by atoms with E-state index in [0.717, 1.165) is 18.0 Å². The molecule has 4 nitrogen and oxygen atoms in total. The lowest BCUT2D eigenvalue weighted by Gasteiger charge is -2.26. The van der Waals surface area contributed by atoms with E-state index >= 15 is 0 Å². The first-order valence-electron chi connectivity index (χ1n) is 6.50. The minimum atomic E-state index is -0.562. The van der Waals surface area contributed by atoms with Crippen LogP contribution in [0.5, 0.6) is 11.5 Å². The van der Waals surface area contributed by atoms with Gasteiger partial charge in [0.15, 0.2) is 0 Å². The molecule has 0 aliphatic carbocycles. The summed E-state index contributed by atoms with van der Waals surface area (Å²) in [4.78, 5) is 0. The summed E-state index contributed by atoms with van der Waals surface area (Å²) < 4.78 is 11.0. The molecule has 0 amide bonds. The van der Waals surface area contributed by atoms with Gasteiger partial charge < -0.3 is 9.47 Å². The van der Waals surface area contributed by atoms with Crippen LogP contribution >= 0.6 is 0 Å². The van der Waals surface area contributed by atoms with Crippen LogP contribution in [-0.2, 0) is 0 Å². The van der Waals surface area contributed by atoms with Crippen LogP contribution in [0.3, 0.4) is 0 Å². The number of benzene rings is 1. The van der Waals surface area contributed by atoms with Gasteiger partial charge in [-0.05, 0) is 32.5 Å². The van der Waals surface area contributed by atoms with E-state index in [9.17, 15) is 5.26 Å². The van der Waals surface area contributed by atoms with Gasteiger partial charge in [0, 0.05) is 12.5 Å². The summed E-state index contributed by atoms with van der Waals surface area (Å²) in [5, 5.41) is 12.4. The van der Waals surface area contributed by atoms with E-state index in [2.05, 4.69) is 11.4 Å². The minimum absolute atomic E-state index is 0.0594. The molecule has 0 radical (unpaired) electrons. The predicted molar refractivity (Wildman–Crippen MR) is 75.4 cm³/mol. The maximum absolute atomic E-state index is 9.23. The van der Waals surface area contributed by atoms with Crippen molar-refractivity contribution < 1.29 is 9.47 Å². The molecule has 104 valence electrons. The molecule has 2 unspecified atom stereocenters. The average Bonchev–Trinajstić information content (AvgIpc) is 2.39. The molecule has 0 fully saturated rings. The van der Waals surface area contributed by atoms with Gasteiger partial charge in [-0.1, -0.05) is 13.0 Å². The van der Waals surface area contributed by atoms with E-state index in [0.29, 0.717) is 6.42 Å². The van der Waals surface area contributed by atoms with Crippen LogP contribution in [0.2, 0.25) is 0 Å². The van der Waals surface area contributed by atoms with E-state index in [1.165, 1.54) is 0 Å². The second kappa shape index (κ2) is 7.01. The highest BCUT2D eigenvalue weighted by Gasteiger charge is 2.26. The zero-order valence-corrected chi connectivity index (χ0v) is 12.1. The topological polar surface area (TPSA) is 54.3 Å². The summed E-state index contributed by atoms with van der Waals surface area (Å²) in [7, 11) is 1.63. The lowest BCUT2D eigenvalue weighted by molar-refractivity contribution is 0.180. The SMILES string of the molecule is CCNC(C)(C#N)CC(C)Oc1cccc(OC)c1. The molecule has 19 heavy (non-hydrogen) atoms. The van der Waals surface area contributed by atoms with Gasteiger partial charge in [0.25, 0.3) is 0 Å². The first-order valence-corrected chi connectivity index (χ1v) is 6.50. The van der Waals surface area contributed by atoms with Crippen LogP contribution in [0.25, 0.3) is 0 Å². The number of hydrogen-bond donors (Lipinski definition) is 1. The molecule has 0 bridgehead atoms. The van der Waals surface area contributed by atoms with E-state index in [1.807, 2.05) is 45.0 Å². The Morgan fingerprint density at radius 2 is 2.11 bits per heavy atom. The zero-order valence-electron chi connectivity index (χ0n) is 12.1. The Labute approximate surface area is 115 Å². The Kier molecular flexibility index (Phi) is 5.65. The Bertz CT molecular complexity index is 442. The van der Waals surface area contributed by atoms with Gasteiger partial charge in [-0.3, -0.25) is 5.32 Å². The fourth-order valence-corrected chi connectivity index (χ4v) is 2.07. The van der Waals surface area contributed by atoms with Crippen LogP contribution in [0.15, 0.2) is 24.3 Å². The van der Waals surface area contributed by atoms with Gasteiger partial charge in [0.1, 0.15) is 17.0 Å². The van der Waals surface area contributed by atoms with Crippen molar-refractivity contribution in [3.05, 3.63) is 24.3 Å². The van der Waals surface area contributed by atoms with Gasteiger partial charge in [-0.15, -0.1) is 0 Å². The van der Waals surface area contributed by atoms with Gasteiger partial charge in [0.2, 0.25) is 0 Å². The van der Waals surface area contributed by atoms with Crippen molar-refractivity contribution in [2.24, 2.45) is 0 Å². The number of nitriles is 1. The summed E-state index contributed by atoms with van der Waals surface area (Å²) in [6, 6.07) is 9.78. The lowest BCUT2D eigenvalue weighted by atomic mass is 9.96. The predicted octanol–water partition coefficient (Wildman–Crippen LogP) is 2.74. The van der Waals surface area contributed by atoms with Crippen LogP contribution in [0.1, 0.15) is 27.2 Å². The minimum Gasteiger partial charge on any atom is -0.497 e. The second-order valence-corrected chi connectivity index (χ2v) is 4.79. The molecule has 1 aromatic rings. The fourth-order valence-electron chi connectivity index (χ4n) is 2.07. The third kappa shape index (κ3) is 4.80. The summed E-state index contributed by atoms with van der Waals surface area (Å²) in [5.41, 5.74) is -0.562. The Morgan fingerprint density at radius 3 is 2.68 bits per heavy atom. The Morgan fingerprint density at radius 1 is 1.42 bits per heavy atom. The van der Waals surface area contributed by atoms with E-state index in [1.54, 1.807) is 7.11 Å². The van der Waals surface area contributed by atoms with Crippen molar-refractivity contribution in [1.29, 1.82) is 5.26 Å². The standard InChI is InChI=1S/C15H22N2O2/c1-5-17-15(3,11-16)10-12(2)19-14-8-6-7-13(9-14)18-4/h6-9,12,17H,5,10H2,1-4H3. The molecule has 1 aromatic carbocycles. The summed E-state index contributed by atoms with van der Waals surface area (Å²) in [6.45, 7) is 6.60. The van der Waals surface area contributed by atoms with Crippen molar-refractivity contribution in [2.45, 2.75) is 38.8 Å². The molecule has 1 N–H and O–H groups in total. The molecule has 0 saturated heterocycles. The molecule has 2 atom stereocenters. The average molecular weight is 262 g/mol. The van der Waals surface area contributed by atoms with Gasteiger partial charge in [-0.2, -0.15) is 5.26 Å². The first-order chi connectivity index (χ1) is 9.03. The highest BCUT2D eigenvalue weighted by atomic mass is 16.5. The van der Waals surface area contributed by atoms with E-state index in [-0.39, 0.29) is 6.10 Å². The normalized spacial score (nSPS) is 15.1. The number of methoxy groups -OCH3 is 1. The first kappa shape index (κ1) is 15.3. The lowest BCUT2D eigenvalue weighted by Crippen LogP contribution is -2.44. The Balaban J connectivity index is 2.64. The third-order valence-corrected chi connectivity index (χ3v) is 2.89. The van der Waals surface area contributed by atoms with Crippen LogP contribution in [0.4, 0.5) is 0 Å². The summed E-state index contributed by atoms with van der Waals surface area (Å²) in [5.74, 6) is 1.52. The largest absolute Gasteiger partial charge is 0.497 e. The van der Waals surface area contributed by atoms with Crippen LogP contribution in [0, 0.1) is 11.3 Å². The van der Waals surface area contributed by atoms with Gasteiger partial charge in [-0.25, -0.2) is 0 Å². The molecule has 1 rings (SSSR count). The number of hydrogen-bond acceptors (Lipinski definition) is 4. The van der Waals surface area contributed by atoms with Crippen molar-refractivity contribution in [2.75, 3.05) is 13.7 Å². The van der Waals surface area contributed by atoms with Gasteiger partial charge >= 0.3 is 0 Å². The molecule has 4 heteroatoms. The van der Waals surface area contributed by atoms with Crippen LogP contribution < -0.4 is 14.8 Å². The van der Waals surface area contributed by atoms with Gasteiger partial charge in [0.05, 0.1) is 19.3 Å². The monoisotopic (exact) mass is 262 g/mol. The van der Waals surface area contributed by atoms with Crippen LogP contribution in [-0.4, -0.2) is 25.3 Å². The molecule has 0 aromatic heterocycles. The molecule has 0 aliphatic rings. The number of nitrogens with one attached hydrogen (secondary N) is 1. The molecule has 0 aliphatic heterocycles. The maximum Gasteiger partial charge on any atom is 0.123 e. The van der Waals surface area contributed by atoms with Crippen molar-refractivity contribution in [3.63, 3.8) is 0 Å². The number of rotatable bonds is 7. The zero-order chi connectivity index (χ0) is 14.3. The molecule has 0 spiro atoms. The fraction of sp³-hybridized carbons (Fsp3) is 0.533. The summed E-state index contributed by atoms with van der Waals surface area (Å²) in [6.07, 6.45) is 0.560. The van der Waals surface area contributed by atoms with Crippen molar-refractivity contribution >= 4 is 0 Å². The smallest absolute Gasteiger partial charge is 0.123 e. The molecular weight excluding hydrogens is 240 g/mol. The van der Waals surface area contributed by atoms with Crippen molar-refractivity contribution in [3.8, 4) is 17.6 Å². The Hall–Kier alpha value is -1.73. The van der Waals surface area contributed by atoms with E-state index < -0.39 is 5.54 Å². The third-order valence-electron chi connectivity index (χ3n) is 2.89. The van der Waals surface area contributed by atoms with E-state index in [4.69, 9.17) is 9.47 Å².